The number of hydrogen-bond acceptors (Lipinski definition) is 6. The van der Waals surface area contributed by atoms with E-state index < -0.39 is 0 Å². The summed E-state index contributed by atoms with van der Waals surface area (Å²) in [6.07, 6.45) is 5.37. The molecule has 6 heteroatoms. The van der Waals surface area contributed by atoms with Gasteiger partial charge in [0, 0.05) is 37.1 Å². The molecular weight excluding hydrogens is 366 g/mol. The largest absolute Gasteiger partial charge is 0.351 e. The number of hydrogen-bond donors (Lipinski definition) is 0. The molecule has 5 rings (SSSR count). The Morgan fingerprint density at radius 2 is 2.04 bits per heavy atom. The third-order valence-electron chi connectivity index (χ3n) is 5.95. The monoisotopic (exact) mass is 389 g/mol. The lowest BCUT2D eigenvalue weighted by atomic mass is 10.1. The highest BCUT2D eigenvalue weighted by molar-refractivity contribution is 7.19. The normalized spacial score (nSPS) is 19.7. The lowest BCUT2D eigenvalue weighted by molar-refractivity contribution is 0.220. The first kappa shape index (κ1) is 17.6. The van der Waals surface area contributed by atoms with Crippen LogP contribution < -0.4 is 4.90 Å². The Morgan fingerprint density at radius 3 is 2.82 bits per heavy atom. The van der Waals surface area contributed by atoms with E-state index >= 15 is 0 Å². The van der Waals surface area contributed by atoms with E-state index in [2.05, 4.69) is 39.9 Å². The minimum atomic E-state index is 0.405. The lowest BCUT2D eigenvalue weighted by Crippen LogP contribution is -2.52. The van der Waals surface area contributed by atoms with Gasteiger partial charge in [-0.1, -0.05) is 12.1 Å². The predicted octanol–water partition coefficient (Wildman–Crippen LogP) is 3.76. The van der Waals surface area contributed by atoms with E-state index in [1.165, 1.54) is 40.7 Å². The van der Waals surface area contributed by atoms with Gasteiger partial charge in [-0.3, -0.25) is 4.90 Å². The van der Waals surface area contributed by atoms with Crippen LogP contribution in [-0.2, 0) is 19.4 Å². The number of fused-ring (bicyclic) bond motifs is 3. The van der Waals surface area contributed by atoms with Gasteiger partial charge in [-0.2, -0.15) is 5.26 Å². The molecule has 1 unspecified atom stereocenters. The van der Waals surface area contributed by atoms with Crippen LogP contribution in [0.4, 0.5) is 5.82 Å². The molecule has 28 heavy (non-hydrogen) atoms. The van der Waals surface area contributed by atoms with Crippen LogP contribution in [0.5, 0.6) is 0 Å². The zero-order chi connectivity index (χ0) is 19.1. The van der Waals surface area contributed by atoms with Crippen LogP contribution in [0.15, 0.2) is 30.6 Å². The van der Waals surface area contributed by atoms with Crippen LogP contribution in [0.2, 0.25) is 0 Å². The van der Waals surface area contributed by atoms with E-state index in [9.17, 15) is 0 Å². The Morgan fingerprint density at radius 1 is 1.18 bits per heavy atom. The summed E-state index contributed by atoms with van der Waals surface area (Å²) in [7, 11) is 0. The molecule has 0 radical (unpaired) electrons. The molecular formula is C22H23N5S. The average molecular weight is 390 g/mol. The number of nitriles is 1. The van der Waals surface area contributed by atoms with Crippen molar-refractivity contribution in [3.8, 4) is 6.07 Å². The number of benzene rings is 1. The molecule has 2 aliphatic rings. The Kier molecular flexibility index (Phi) is 4.50. The fourth-order valence-electron chi connectivity index (χ4n) is 4.56. The summed E-state index contributed by atoms with van der Waals surface area (Å²) in [6, 6.07) is 10.5. The molecule has 1 saturated heterocycles. The van der Waals surface area contributed by atoms with E-state index in [-0.39, 0.29) is 0 Å². The Labute approximate surface area is 169 Å². The number of aromatic nitrogens is 2. The van der Waals surface area contributed by atoms with E-state index in [0.29, 0.717) is 6.04 Å². The quantitative estimate of drug-likeness (QED) is 0.683. The number of thiophene rings is 1. The van der Waals surface area contributed by atoms with Crippen molar-refractivity contribution in [3.05, 3.63) is 52.2 Å². The molecule has 1 aliphatic carbocycles. The highest BCUT2D eigenvalue weighted by Gasteiger charge is 2.29. The minimum Gasteiger partial charge on any atom is -0.351 e. The van der Waals surface area contributed by atoms with Crippen molar-refractivity contribution < 1.29 is 0 Å². The van der Waals surface area contributed by atoms with Crippen LogP contribution in [-0.4, -0.2) is 40.5 Å². The van der Waals surface area contributed by atoms with Crippen LogP contribution in [0.1, 0.15) is 34.9 Å². The fraction of sp³-hybridized carbons (Fsp3) is 0.409. The Balaban J connectivity index is 1.35. The molecule has 3 aromatic rings. The van der Waals surface area contributed by atoms with Crippen LogP contribution in [0.3, 0.4) is 0 Å². The zero-order valence-electron chi connectivity index (χ0n) is 16.1. The molecule has 0 amide bonds. The first-order valence-electron chi connectivity index (χ1n) is 9.96. The maximum atomic E-state index is 8.96. The summed E-state index contributed by atoms with van der Waals surface area (Å²) in [5.41, 5.74) is 3.49. The van der Waals surface area contributed by atoms with Gasteiger partial charge < -0.3 is 4.90 Å². The second-order valence-corrected chi connectivity index (χ2v) is 8.90. The molecule has 0 saturated carbocycles. The third kappa shape index (κ3) is 3.05. The highest BCUT2D eigenvalue weighted by Crippen LogP contribution is 2.40. The smallest absolute Gasteiger partial charge is 0.141 e. The summed E-state index contributed by atoms with van der Waals surface area (Å²) in [5.74, 6) is 1.13. The molecule has 2 aromatic heterocycles. The van der Waals surface area contributed by atoms with Crippen molar-refractivity contribution in [2.45, 2.75) is 38.8 Å². The summed E-state index contributed by atoms with van der Waals surface area (Å²) in [5, 5.41) is 10.3. The first-order chi connectivity index (χ1) is 13.7. The molecule has 0 bridgehead atoms. The summed E-state index contributed by atoms with van der Waals surface area (Å²) in [6.45, 7) is 6.23. The lowest BCUT2D eigenvalue weighted by Gasteiger charge is -2.41. The van der Waals surface area contributed by atoms with Gasteiger partial charge in [0.05, 0.1) is 17.0 Å². The Hall–Kier alpha value is -2.49. The zero-order valence-corrected chi connectivity index (χ0v) is 16.9. The number of piperazine rings is 1. The van der Waals surface area contributed by atoms with Crippen LogP contribution in [0, 0.1) is 11.3 Å². The molecule has 1 aliphatic heterocycles. The molecule has 1 aromatic carbocycles. The Bertz CT molecular complexity index is 1050. The first-order valence-corrected chi connectivity index (χ1v) is 10.8. The van der Waals surface area contributed by atoms with E-state index in [4.69, 9.17) is 10.2 Å². The minimum absolute atomic E-state index is 0.405. The molecule has 1 atom stereocenters. The number of aryl methyl sites for hydroxylation is 2. The molecule has 1 fully saturated rings. The van der Waals surface area contributed by atoms with Gasteiger partial charge in [-0.15, -0.1) is 11.3 Å². The molecule has 0 spiro atoms. The maximum absolute atomic E-state index is 8.96. The van der Waals surface area contributed by atoms with Crippen molar-refractivity contribution in [2.75, 3.05) is 24.5 Å². The van der Waals surface area contributed by atoms with Crippen molar-refractivity contribution in [1.82, 2.24) is 14.9 Å². The maximum Gasteiger partial charge on any atom is 0.141 e. The van der Waals surface area contributed by atoms with Gasteiger partial charge in [0.2, 0.25) is 0 Å². The highest BCUT2D eigenvalue weighted by atomic mass is 32.1. The number of nitrogens with zero attached hydrogens (tertiary/aromatic N) is 5. The molecule has 3 heterocycles. The van der Waals surface area contributed by atoms with Gasteiger partial charge in [0.15, 0.2) is 0 Å². The molecule has 142 valence electrons. The molecule has 0 N–H and O–H groups in total. The SMILES string of the molecule is CC1CN(Cc2ccc(C#N)cc2)CCN1c1ncnc2sc3c(c12)CCC3. The van der Waals surface area contributed by atoms with Crippen molar-refractivity contribution in [3.63, 3.8) is 0 Å². The molecule has 5 nitrogen and oxygen atoms in total. The third-order valence-corrected chi connectivity index (χ3v) is 7.15. The van der Waals surface area contributed by atoms with E-state index in [1.807, 2.05) is 23.5 Å². The van der Waals surface area contributed by atoms with Crippen molar-refractivity contribution >= 4 is 27.4 Å². The van der Waals surface area contributed by atoms with Crippen molar-refractivity contribution in [1.29, 1.82) is 5.26 Å². The number of rotatable bonds is 3. The van der Waals surface area contributed by atoms with Gasteiger partial charge in [-0.05, 0) is 49.4 Å². The standard InChI is InChI=1S/C22H23N5S/c1-15-12-26(13-17-7-5-16(11-23)6-8-17)9-10-27(15)21-20-18-3-2-4-19(18)28-22(20)25-14-24-21/h5-8,14-15H,2-4,9-10,12-13H2,1H3. The fourth-order valence-corrected chi connectivity index (χ4v) is 5.79. The van der Waals surface area contributed by atoms with Crippen LogP contribution >= 0.6 is 11.3 Å². The number of anilines is 1. The topological polar surface area (TPSA) is 56.1 Å². The van der Waals surface area contributed by atoms with Gasteiger partial charge in [0.25, 0.3) is 0 Å². The van der Waals surface area contributed by atoms with E-state index in [1.54, 1.807) is 6.33 Å². The van der Waals surface area contributed by atoms with E-state index in [0.717, 1.165) is 42.4 Å². The van der Waals surface area contributed by atoms with Gasteiger partial charge in [0.1, 0.15) is 17.0 Å². The second-order valence-electron chi connectivity index (χ2n) is 7.82. The van der Waals surface area contributed by atoms with Gasteiger partial charge >= 0.3 is 0 Å². The van der Waals surface area contributed by atoms with Crippen LogP contribution in [0.25, 0.3) is 10.2 Å². The summed E-state index contributed by atoms with van der Waals surface area (Å²) in [4.78, 5) is 16.9. The second kappa shape index (κ2) is 7.16. The summed E-state index contributed by atoms with van der Waals surface area (Å²) < 4.78 is 0. The van der Waals surface area contributed by atoms with Crippen molar-refractivity contribution in [2.24, 2.45) is 0 Å². The average Bonchev–Trinajstić information content (AvgIpc) is 3.30. The summed E-state index contributed by atoms with van der Waals surface area (Å²) >= 11 is 1.86. The predicted molar refractivity (Wildman–Crippen MR) is 113 cm³/mol. The van der Waals surface area contributed by atoms with Gasteiger partial charge in [-0.25, -0.2) is 9.97 Å².